The maximum atomic E-state index is 12.2. The fraction of sp³-hybridized carbons (Fsp3) is 0.625. The van der Waals surface area contributed by atoms with Gasteiger partial charge in [0, 0.05) is 26.7 Å². The first-order valence-electron chi connectivity index (χ1n) is 7.57. The summed E-state index contributed by atoms with van der Waals surface area (Å²) in [5.74, 6) is 0.875. The highest BCUT2D eigenvalue weighted by molar-refractivity contribution is 7.86. The quantitative estimate of drug-likeness (QED) is 0.858. The molecule has 0 amide bonds. The maximum absolute atomic E-state index is 12.2. The highest BCUT2D eigenvalue weighted by atomic mass is 32.2. The summed E-state index contributed by atoms with van der Waals surface area (Å²) in [6.07, 6.45) is 0. The summed E-state index contributed by atoms with van der Waals surface area (Å²) in [4.78, 5) is 0. The standard InChI is InChI=1S/C16H26N2O2S/c1-12(2)14-6-7-15(16(10-14)13(3)4)11-18-9-8-17(5)21(18,19)20/h6-7,10,12-13H,8-9,11H2,1-5H3. The molecule has 0 aromatic heterocycles. The molecule has 21 heavy (non-hydrogen) atoms. The second kappa shape index (κ2) is 6.07. The van der Waals surface area contributed by atoms with E-state index in [2.05, 4.69) is 45.9 Å². The van der Waals surface area contributed by atoms with Gasteiger partial charge in [-0.1, -0.05) is 45.9 Å². The fourth-order valence-electron chi connectivity index (χ4n) is 2.68. The predicted molar refractivity (Wildman–Crippen MR) is 86.6 cm³/mol. The molecule has 1 aromatic carbocycles. The largest absolute Gasteiger partial charge is 0.282 e. The Kier molecular flexibility index (Phi) is 4.76. The van der Waals surface area contributed by atoms with Crippen molar-refractivity contribution >= 4 is 10.2 Å². The van der Waals surface area contributed by atoms with Crippen molar-refractivity contribution in [1.82, 2.24) is 8.61 Å². The van der Waals surface area contributed by atoms with E-state index in [1.54, 1.807) is 11.4 Å². The first-order chi connectivity index (χ1) is 9.73. The lowest BCUT2D eigenvalue weighted by atomic mass is 9.91. The van der Waals surface area contributed by atoms with Crippen molar-refractivity contribution < 1.29 is 8.42 Å². The lowest BCUT2D eigenvalue weighted by Gasteiger charge is -2.21. The van der Waals surface area contributed by atoms with E-state index >= 15 is 0 Å². The lowest BCUT2D eigenvalue weighted by molar-refractivity contribution is 0.442. The van der Waals surface area contributed by atoms with Crippen LogP contribution in [0.2, 0.25) is 0 Å². The van der Waals surface area contributed by atoms with Gasteiger partial charge in [0.1, 0.15) is 0 Å². The normalized spacial score (nSPS) is 19.8. The Hall–Kier alpha value is -0.910. The molecule has 0 aliphatic carbocycles. The third-order valence-electron chi connectivity index (χ3n) is 4.19. The first kappa shape index (κ1) is 16.5. The van der Waals surface area contributed by atoms with Crippen LogP contribution in [-0.4, -0.2) is 37.2 Å². The molecule has 0 bridgehead atoms. The molecule has 2 rings (SSSR count). The molecule has 5 heteroatoms. The molecule has 118 valence electrons. The van der Waals surface area contributed by atoms with E-state index < -0.39 is 10.2 Å². The summed E-state index contributed by atoms with van der Waals surface area (Å²) in [6, 6.07) is 6.45. The summed E-state index contributed by atoms with van der Waals surface area (Å²) in [6.45, 7) is 10.3. The molecule has 0 unspecified atom stereocenters. The van der Waals surface area contributed by atoms with Gasteiger partial charge in [-0.15, -0.1) is 0 Å². The lowest BCUT2D eigenvalue weighted by Crippen LogP contribution is -2.30. The van der Waals surface area contributed by atoms with Gasteiger partial charge in [-0.3, -0.25) is 0 Å². The zero-order chi connectivity index (χ0) is 15.8. The van der Waals surface area contributed by atoms with Gasteiger partial charge in [-0.2, -0.15) is 17.0 Å². The van der Waals surface area contributed by atoms with Gasteiger partial charge < -0.3 is 0 Å². The molecular weight excluding hydrogens is 284 g/mol. The SMILES string of the molecule is CC(C)c1ccc(CN2CCN(C)S2(=O)=O)c(C(C)C)c1. The van der Waals surface area contributed by atoms with Gasteiger partial charge in [0.2, 0.25) is 0 Å². The topological polar surface area (TPSA) is 40.6 Å². The zero-order valence-electron chi connectivity index (χ0n) is 13.6. The minimum Gasteiger partial charge on any atom is -0.195 e. The second-order valence-electron chi connectivity index (χ2n) is 6.43. The Labute approximate surface area is 128 Å². The molecule has 1 aliphatic heterocycles. The highest BCUT2D eigenvalue weighted by Crippen LogP contribution is 2.27. The molecule has 1 heterocycles. The van der Waals surface area contributed by atoms with Crippen LogP contribution in [-0.2, 0) is 16.8 Å². The molecule has 1 saturated heterocycles. The first-order valence-corrected chi connectivity index (χ1v) is 8.97. The van der Waals surface area contributed by atoms with Crippen LogP contribution in [0.4, 0.5) is 0 Å². The molecule has 0 saturated carbocycles. The number of rotatable bonds is 4. The van der Waals surface area contributed by atoms with Gasteiger partial charge in [0.25, 0.3) is 10.2 Å². The maximum Gasteiger partial charge on any atom is 0.282 e. The summed E-state index contributed by atoms with van der Waals surface area (Å²) in [5.41, 5.74) is 3.68. The Balaban J connectivity index is 2.32. The van der Waals surface area contributed by atoms with Crippen molar-refractivity contribution in [2.45, 2.75) is 46.1 Å². The molecular formula is C16H26N2O2S. The average Bonchev–Trinajstić information content (AvgIpc) is 2.65. The Morgan fingerprint density at radius 3 is 2.24 bits per heavy atom. The van der Waals surface area contributed by atoms with Crippen LogP contribution in [0.3, 0.4) is 0 Å². The third-order valence-corrected chi connectivity index (χ3v) is 6.12. The highest BCUT2D eigenvalue weighted by Gasteiger charge is 2.33. The van der Waals surface area contributed by atoms with Crippen molar-refractivity contribution in [2.24, 2.45) is 0 Å². The Morgan fingerprint density at radius 2 is 1.76 bits per heavy atom. The number of benzene rings is 1. The molecule has 4 nitrogen and oxygen atoms in total. The van der Waals surface area contributed by atoms with Crippen molar-refractivity contribution in [3.63, 3.8) is 0 Å². The summed E-state index contributed by atoms with van der Waals surface area (Å²) in [7, 11) is -1.63. The minimum absolute atomic E-state index is 0.390. The zero-order valence-corrected chi connectivity index (χ0v) is 14.4. The van der Waals surface area contributed by atoms with E-state index in [0.717, 1.165) is 5.56 Å². The van der Waals surface area contributed by atoms with Crippen LogP contribution in [0.15, 0.2) is 18.2 Å². The predicted octanol–water partition coefficient (Wildman–Crippen LogP) is 2.93. The number of hydrogen-bond acceptors (Lipinski definition) is 2. The molecule has 1 fully saturated rings. The van der Waals surface area contributed by atoms with E-state index in [0.29, 0.717) is 31.5 Å². The monoisotopic (exact) mass is 310 g/mol. The van der Waals surface area contributed by atoms with E-state index in [9.17, 15) is 8.42 Å². The van der Waals surface area contributed by atoms with E-state index in [1.165, 1.54) is 15.4 Å². The molecule has 0 radical (unpaired) electrons. The average molecular weight is 310 g/mol. The molecule has 1 aliphatic rings. The minimum atomic E-state index is -3.27. The number of nitrogens with zero attached hydrogens (tertiary/aromatic N) is 2. The summed E-state index contributed by atoms with van der Waals surface area (Å²) in [5, 5.41) is 0. The van der Waals surface area contributed by atoms with Gasteiger partial charge in [0.15, 0.2) is 0 Å². The van der Waals surface area contributed by atoms with Crippen LogP contribution in [0.1, 0.15) is 56.2 Å². The third kappa shape index (κ3) is 3.30. The number of likely N-dealkylation sites (N-methyl/N-ethyl adjacent to an activating group) is 1. The smallest absolute Gasteiger partial charge is 0.195 e. The van der Waals surface area contributed by atoms with E-state index in [4.69, 9.17) is 0 Å². The van der Waals surface area contributed by atoms with Crippen LogP contribution >= 0.6 is 0 Å². The number of hydrogen-bond donors (Lipinski definition) is 0. The Bertz CT molecular complexity index is 609. The van der Waals surface area contributed by atoms with E-state index in [1.807, 2.05) is 0 Å². The van der Waals surface area contributed by atoms with Gasteiger partial charge in [-0.05, 0) is 28.5 Å². The van der Waals surface area contributed by atoms with Crippen molar-refractivity contribution in [1.29, 1.82) is 0 Å². The van der Waals surface area contributed by atoms with Gasteiger partial charge in [-0.25, -0.2) is 0 Å². The summed E-state index contributed by atoms with van der Waals surface area (Å²) < 4.78 is 27.4. The molecule has 0 N–H and O–H groups in total. The van der Waals surface area contributed by atoms with Gasteiger partial charge >= 0.3 is 0 Å². The van der Waals surface area contributed by atoms with Crippen LogP contribution in [0.5, 0.6) is 0 Å². The summed E-state index contributed by atoms with van der Waals surface area (Å²) >= 11 is 0. The van der Waals surface area contributed by atoms with Crippen LogP contribution < -0.4 is 0 Å². The van der Waals surface area contributed by atoms with Crippen LogP contribution in [0, 0.1) is 0 Å². The van der Waals surface area contributed by atoms with E-state index in [-0.39, 0.29) is 0 Å². The van der Waals surface area contributed by atoms with Crippen LogP contribution in [0.25, 0.3) is 0 Å². The Morgan fingerprint density at radius 1 is 1.10 bits per heavy atom. The van der Waals surface area contributed by atoms with Crippen molar-refractivity contribution in [3.05, 3.63) is 34.9 Å². The van der Waals surface area contributed by atoms with Crippen molar-refractivity contribution in [2.75, 3.05) is 20.1 Å². The van der Waals surface area contributed by atoms with Gasteiger partial charge in [0.05, 0.1) is 0 Å². The second-order valence-corrected chi connectivity index (χ2v) is 8.47. The molecule has 1 aromatic rings. The molecule has 0 atom stereocenters. The fourth-order valence-corrected chi connectivity index (χ4v) is 4.01. The van der Waals surface area contributed by atoms with Crippen molar-refractivity contribution in [3.8, 4) is 0 Å². The molecule has 0 spiro atoms.